The first-order valence-electron chi connectivity index (χ1n) is 5.60. The van der Waals surface area contributed by atoms with Crippen molar-refractivity contribution in [2.75, 3.05) is 6.61 Å². The number of rotatable bonds is 6. The lowest BCUT2D eigenvalue weighted by Crippen LogP contribution is -1.97. The van der Waals surface area contributed by atoms with Crippen LogP contribution in [0.1, 0.15) is 23.5 Å². The van der Waals surface area contributed by atoms with Crippen molar-refractivity contribution in [2.24, 2.45) is 0 Å². The number of carboxylic acids is 1. The third-order valence-electron chi connectivity index (χ3n) is 2.13. The third kappa shape index (κ3) is 3.44. The van der Waals surface area contributed by atoms with E-state index in [4.69, 9.17) is 19.0 Å². The van der Waals surface area contributed by atoms with Crippen LogP contribution in [-0.2, 0) is 6.61 Å². The van der Waals surface area contributed by atoms with Crippen molar-refractivity contribution in [1.29, 1.82) is 0 Å². The fourth-order valence-electron chi connectivity index (χ4n) is 1.36. The summed E-state index contributed by atoms with van der Waals surface area (Å²) in [6.45, 7) is 2.45. The van der Waals surface area contributed by atoms with Crippen LogP contribution in [0.25, 0.3) is 0 Å². The molecule has 1 aromatic heterocycles. The number of carboxylic acid groups (broad SMARTS) is 1. The summed E-state index contributed by atoms with van der Waals surface area (Å²) in [6.07, 6.45) is 0. The number of hydrogen-bond donors (Lipinski definition) is 1. The fraction of sp³-hybridized carbons (Fsp3) is 0.250. The smallest absolute Gasteiger partial charge is 0.393 e. The maximum absolute atomic E-state index is 10.6. The lowest BCUT2D eigenvalue weighted by Gasteiger charge is -2.06. The molecular formula is C12H12N2O5. The summed E-state index contributed by atoms with van der Waals surface area (Å²) in [4.78, 5) is 10.6. The Kier molecular flexibility index (Phi) is 3.97. The van der Waals surface area contributed by atoms with Gasteiger partial charge in [0.15, 0.2) is 6.61 Å². The van der Waals surface area contributed by atoms with Crippen molar-refractivity contribution in [3.05, 3.63) is 36.0 Å². The summed E-state index contributed by atoms with van der Waals surface area (Å²) in [5, 5.41) is 15.5. The summed E-state index contributed by atoms with van der Waals surface area (Å²) >= 11 is 0. The van der Waals surface area contributed by atoms with E-state index in [-0.39, 0.29) is 12.5 Å². The highest BCUT2D eigenvalue weighted by molar-refractivity contribution is 5.81. The number of nitrogens with zero attached hydrogens (tertiary/aromatic N) is 2. The molecule has 0 fully saturated rings. The highest BCUT2D eigenvalue weighted by atomic mass is 16.5. The van der Waals surface area contributed by atoms with Gasteiger partial charge in [-0.1, -0.05) is 6.07 Å². The molecule has 1 aromatic carbocycles. The van der Waals surface area contributed by atoms with Crippen molar-refractivity contribution in [3.8, 4) is 11.5 Å². The van der Waals surface area contributed by atoms with Crippen LogP contribution >= 0.6 is 0 Å². The second-order valence-electron chi connectivity index (χ2n) is 3.50. The van der Waals surface area contributed by atoms with E-state index in [9.17, 15) is 4.79 Å². The Balaban J connectivity index is 1.97. The molecule has 19 heavy (non-hydrogen) atoms. The van der Waals surface area contributed by atoms with Gasteiger partial charge >= 0.3 is 11.9 Å². The van der Waals surface area contributed by atoms with Gasteiger partial charge in [0.1, 0.15) is 11.5 Å². The zero-order valence-electron chi connectivity index (χ0n) is 10.2. The zero-order chi connectivity index (χ0) is 13.7. The number of aromatic nitrogens is 2. The van der Waals surface area contributed by atoms with Gasteiger partial charge in [0.25, 0.3) is 5.89 Å². The summed E-state index contributed by atoms with van der Waals surface area (Å²) in [6, 6.07) is 7.07. The minimum atomic E-state index is -1.27. The molecule has 0 aliphatic carbocycles. The Morgan fingerprint density at radius 1 is 1.32 bits per heavy atom. The van der Waals surface area contributed by atoms with Crippen LogP contribution in [0.2, 0.25) is 0 Å². The van der Waals surface area contributed by atoms with Gasteiger partial charge in [0.05, 0.1) is 6.61 Å². The number of hydrogen-bond acceptors (Lipinski definition) is 6. The Hall–Kier alpha value is -2.57. The lowest BCUT2D eigenvalue weighted by molar-refractivity contribution is 0.0649. The van der Waals surface area contributed by atoms with Gasteiger partial charge in [-0.2, -0.15) is 0 Å². The van der Waals surface area contributed by atoms with Crippen LogP contribution in [-0.4, -0.2) is 27.9 Å². The van der Waals surface area contributed by atoms with Gasteiger partial charge in [-0.15, -0.1) is 10.2 Å². The van der Waals surface area contributed by atoms with Gasteiger partial charge < -0.3 is 19.0 Å². The predicted octanol–water partition coefficient (Wildman–Crippen LogP) is 1.75. The van der Waals surface area contributed by atoms with Crippen molar-refractivity contribution in [1.82, 2.24) is 10.2 Å². The van der Waals surface area contributed by atoms with Gasteiger partial charge in [-0.05, 0) is 19.1 Å². The van der Waals surface area contributed by atoms with Crippen molar-refractivity contribution in [3.63, 3.8) is 0 Å². The van der Waals surface area contributed by atoms with Gasteiger partial charge in [-0.25, -0.2) is 4.79 Å². The Morgan fingerprint density at radius 2 is 2.05 bits per heavy atom. The van der Waals surface area contributed by atoms with Gasteiger partial charge in [0, 0.05) is 6.07 Å². The molecule has 2 aromatic rings. The predicted molar refractivity (Wildman–Crippen MR) is 63.2 cm³/mol. The molecule has 7 nitrogen and oxygen atoms in total. The normalized spacial score (nSPS) is 10.2. The number of aromatic carboxylic acids is 1. The first kappa shape index (κ1) is 12.9. The van der Waals surface area contributed by atoms with Gasteiger partial charge in [-0.3, -0.25) is 0 Å². The topological polar surface area (TPSA) is 94.7 Å². The van der Waals surface area contributed by atoms with Crippen LogP contribution in [0.15, 0.2) is 28.7 Å². The first-order chi connectivity index (χ1) is 9.19. The molecule has 100 valence electrons. The molecule has 0 unspecified atom stereocenters. The molecule has 7 heteroatoms. The molecule has 0 spiro atoms. The third-order valence-corrected chi connectivity index (χ3v) is 2.13. The molecule has 2 rings (SSSR count). The quantitative estimate of drug-likeness (QED) is 0.849. The Labute approximate surface area is 108 Å². The molecule has 0 bridgehead atoms. The monoisotopic (exact) mass is 264 g/mol. The maximum Gasteiger partial charge on any atom is 0.393 e. The zero-order valence-corrected chi connectivity index (χ0v) is 10.2. The van der Waals surface area contributed by atoms with Crippen LogP contribution in [0.3, 0.4) is 0 Å². The van der Waals surface area contributed by atoms with E-state index in [0.29, 0.717) is 18.1 Å². The molecule has 0 amide bonds. The maximum atomic E-state index is 10.6. The fourth-order valence-corrected chi connectivity index (χ4v) is 1.36. The molecule has 0 saturated heterocycles. The molecule has 0 aliphatic rings. The van der Waals surface area contributed by atoms with Crippen molar-refractivity contribution < 1.29 is 23.8 Å². The molecule has 0 atom stereocenters. The summed E-state index contributed by atoms with van der Waals surface area (Å²) in [5.41, 5.74) is 0. The van der Waals surface area contributed by atoms with Crippen molar-refractivity contribution >= 4 is 5.97 Å². The van der Waals surface area contributed by atoms with E-state index in [2.05, 4.69) is 10.2 Å². The van der Waals surface area contributed by atoms with E-state index in [1.165, 1.54) is 0 Å². The molecule has 1 heterocycles. The lowest BCUT2D eigenvalue weighted by atomic mass is 10.3. The minimum Gasteiger partial charge on any atom is -0.494 e. The average molecular weight is 264 g/mol. The second kappa shape index (κ2) is 5.85. The SMILES string of the molecule is CCOc1cccc(OCc2nnc(C(=O)O)o2)c1. The highest BCUT2D eigenvalue weighted by Crippen LogP contribution is 2.20. The summed E-state index contributed by atoms with van der Waals surface area (Å²) < 4.78 is 15.6. The van der Waals surface area contributed by atoms with Crippen LogP contribution in [0, 0.1) is 0 Å². The second-order valence-corrected chi connectivity index (χ2v) is 3.50. The molecule has 1 N–H and O–H groups in total. The van der Waals surface area contributed by atoms with Gasteiger partial charge in [0.2, 0.25) is 0 Å². The van der Waals surface area contributed by atoms with Crippen LogP contribution in [0.5, 0.6) is 11.5 Å². The number of ether oxygens (including phenoxy) is 2. The van der Waals surface area contributed by atoms with E-state index in [1.54, 1.807) is 18.2 Å². The standard InChI is InChI=1S/C12H12N2O5/c1-2-17-8-4-3-5-9(6-8)18-7-10-13-14-11(19-10)12(15)16/h3-6H,2,7H2,1H3,(H,15,16). The average Bonchev–Trinajstić information content (AvgIpc) is 2.86. The number of benzene rings is 1. The number of carbonyl (C=O) groups is 1. The van der Waals surface area contributed by atoms with Crippen LogP contribution < -0.4 is 9.47 Å². The summed E-state index contributed by atoms with van der Waals surface area (Å²) in [5.74, 6) is -0.365. The van der Waals surface area contributed by atoms with E-state index in [0.717, 1.165) is 0 Å². The molecule has 0 radical (unpaired) electrons. The molecule has 0 aliphatic heterocycles. The largest absolute Gasteiger partial charge is 0.494 e. The molecular weight excluding hydrogens is 252 g/mol. The molecule has 0 saturated carbocycles. The Morgan fingerprint density at radius 3 is 2.68 bits per heavy atom. The van der Waals surface area contributed by atoms with E-state index < -0.39 is 11.9 Å². The highest BCUT2D eigenvalue weighted by Gasteiger charge is 2.13. The van der Waals surface area contributed by atoms with E-state index in [1.807, 2.05) is 13.0 Å². The summed E-state index contributed by atoms with van der Waals surface area (Å²) in [7, 11) is 0. The minimum absolute atomic E-state index is 0.00411. The Bertz CT molecular complexity index is 567. The van der Waals surface area contributed by atoms with Crippen molar-refractivity contribution in [2.45, 2.75) is 13.5 Å². The van der Waals surface area contributed by atoms with Crippen LogP contribution in [0.4, 0.5) is 0 Å². The first-order valence-corrected chi connectivity index (χ1v) is 5.60. The van der Waals surface area contributed by atoms with E-state index >= 15 is 0 Å².